The summed E-state index contributed by atoms with van der Waals surface area (Å²) in [4.78, 5) is 16.7. The molecular formula is C12H14N4O4S. The van der Waals surface area contributed by atoms with E-state index in [1.807, 2.05) is 0 Å². The summed E-state index contributed by atoms with van der Waals surface area (Å²) >= 11 is 0. The molecule has 2 N–H and O–H groups in total. The van der Waals surface area contributed by atoms with Crippen LogP contribution in [0.2, 0.25) is 0 Å². The zero-order valence-corrected chi connectivity index (χ0v) is 12.1. The Balaban J connectivity index is 2.21. The summed E-state index contributed by atoms with van der Waals surface area (Å²) < 4.78 is 26.9. The van der Waals surface area contributed by atoms with Crippen LogP contribution in [0.15, 0.2) is 35.6 Å². The minimum Gasteiger partial charge on any atom is -0.348 e. The molecule has 1 aromatic heterocycles. The average molecular weight is 310 g/mol. The molecule has 0 radical (unpaired) electrons. The van der Waals surface area contributed by atoms with Gasteiger partial charge in [0.25, 0.3) is 5.69 Å². The molecule has 0 aliphatic rings. The van der Waals surface area contributed by atoms with Gasteiger partial charge in [-0.3, -0.25) is 10.1 Å². The molecule has 0 atom stereocenters. The Kier molecular flexibility index (Phi) is 4.34. The van der Waals surface area contributed by atoms with Crippen LogP contribution in [0, 0.1) is 17.0 Å². The summed E-state index contributed by atoms with van der Waals surface area (Å²) in [6.45, 7) is 1.65. The fourth-order valence-corrected chi connectivity index (χ4v) is 3.37. The van der Waals surface area contributed by atoms with E-state index in [4.69, 9.17) is 0 Å². The lowest BCUT2D eigenvalue weighted by Crippen LogP contribution is -2.27. The second kappa shape index (κ2) is 6.02. The van der Waals surface area contributed by atoms with Crippen LogP contribution < -0.4 is 4.72 Å². The number of hydrogen-bond donors (Lipinski definition) is 2. The van der Waals surface area contributed by atoms with E-state index in [0.29, 0.717) is 12.0 Å². The number of aryl methyl sites for hydroxylation is 1. The van der Waals surface area contributed by atoms with Crippen molar-refractivity contribution >= 4 is 15.7 Å². The molecule has 0 fully saturated rings. The standard InChI is InChI=1S/C12H14N4O4S/c1-9-3-2-4-11(16(17)18)12(9)21(19,20)15-6-5-10-7-13-8-14-10/h2-4,7-8,15H,5-6H2,1H3,(H,13,14). The maximum atomic E-state index is 12.3. The summed E-state index contributed by atoms with van der Waals surface area (Å²) in [6.07, 6.45) is 3.50. The van der Waals surface area contributed by atoms with Gasteiger partial charge in [-0.25, -0.2) is 18.1 Å². The average Bonchev–Trinajstić information content (AvgIpc) is 2.91. The molecule has 0 saturated carbocycles. The molecular weight excluding hydrogens is 296 g/mol. The maximum Gasteiger partial charge on any atom is 0.289 e. The van der Waals surface area contributed by atoms with Crippen molar-refractivity contribution < 1.29 is 13.3 Å². The number of aromatic amines is 1. The number of benzene rings is 1. The van der Waals surface area contributed by atoms with Crippen molar-refractivity contribution in [2.45, 2.75) is 18.2 Å². The lowest BCUT2D eigenvalue weighted by atomic mass is 10.2. The Morgan fingerprint density at radius 1 is 1.43 bits per heavy atom. The van der Waals surface area contributed by atoms with Crippen molar-refractivity contribution in [3.05, 3.63) is 52.1 Å². The molecule has 21 heavy (non-hydrogen) atoms. The second-order valence-electron chi connectivity index (χ2n) is 4.40. The van der Waals surface area contributed by atoms with Crippen LogP contribution in [0.3, 0.4) is 0 Å². The Bertz CT molecular complexity index is 741. The number of aromatic nitrogens is 2. The lowest BCUT2D eigenvalue weighted by molar-refractivity contribution is -0.387. The Morgan fingerprint density at radius 2 is 2.19 bits per heavy atom. The molecule has 2 rings (SSSR count). The van der Waals surface area contributed by atoms with Gasteiger partial charge in [-0.2, -0.15) is 0 Å². The number of nitro benzene ring substituents is 1. The van der Waals surface area contributed by atoms with Crippen molar-refractivity contribution in [1.82, 2.24) is 14.7 Å². The minimum atomic E-state index is -3.95. The largest absolute Gasteiger partial charge is 0.348 e. The third-order valence-corrected chi connectivity index (χ3v) is 4.55. The van der Waals surface area contributed by atoms with Gasteiger partial charge in [-0.1, -0.05) is 12.1 Å². The number of nitro groups is 1. The maximum absolute atomic E-state index is 12.3. The van der Waals surface area contributed by atoms with Crippen LogP contribution in [-0.4, -0.2) is 29.9 Å². The van der Waals surface area contributed by atoms with E-state index in [9.17, 15) is 18.5 Å². The highest BCUT2D eigenvalue weighted by Crippen LogP contribution is 2.26. The second-order valence-corrected chi connectivity index (χ2v) is 6.11. The number of rotatable bonds is 6. The van der Waals surface area contributed by atoms with Gasteiger partial charge in [0.1, 0.15) is 0 Å². The summed E-state index contributed by atoms with van der Waals surface area (Å²) in [5.74, 6) is 0. The van der Waals surface area contributed by atoms with Crippen molar-refractivity contribution in [3.8, 4) is 0 Å². The predicted octanol–water partition coefficient (Wildman–Crippen LogP) is 1.15. The topological polar surface area (TPSA) is 118 Å². The molecule has 2 aromatic rings. The first kappa shape index (κ1) is 15.1. The number of H-pyrrole nitrogens is 1. The van der Waals surface area contributed by atoms with Gasteiger partial charge < -0.3 is 4.98 Å². The Labute approximate surface area is 121 Å². The quantitative estimate of drug-likeness (QED) is 0.613. The lowest BCUT2D eigenvalue weighted by Gasteiger charge is -2.09. The van der Waals surface area contributed by atoms with Crippen molar-refractivity contribution in [2.24, 2.45) is 0 Å². The molecule has 0 aliphatic heterocycles. The fourth-order valence-electron chi connectivity index (χ4n) is 1.94. The van der Waals surface area contributed by atoms with Crippen LogP contribution in [0.25, 0.3) is 0 Å². The summed E-state index contributed by atoms with van der Waals surface area (Å²) in [7, 11) is -3.95. The molecule has 9 heteroatoms. The molecule has 8 nitrogen and oxygen atoms in total. The first-order valence-corrected chi connectivity index (χ1v) is 7.61. The molecule has 0 spiro atoms. The highest BCUT2D eigenvalue weighted by Gasteiger charge is 2.27. The minimum absolute atomic E-state index is 0.121. The highest BCUT2D eigenvalue weighted by atomic mass is 32.2. The van der Waals surface area contributed by atoms with Crippen LogP contribution >= 0.6 is 0 Å². The highest BCUT2D eigenvalue weighted by molar-refractivity contribution is 7.89. The van der Waals surface area contributed by atoms with E-state index >= 15 is 0 Å². The first-order valence-electron chi connectivity index (χ1n) is 6.13. The van der Waals surface area contributed by atoms with E-state index in [1.165, 1.54) is 31.5 Å². The van der Waals surface area contributed by atoms with Crippen molar-refractivity contribution in [1.29, 1.82) is 0 Å². The van der Waals surface area contributed by atoms with E-state index in [1.54, 1.807) is 6.20 Å². The molecule has 0 saturated heterocycles. The van der Waals surface area contributed by atoms with Crippen LogP contribution in [0.4, 0.5) is 5.69 Å². The number of imidazole rings is 1. The summed E-state index contributed by atoms with van der Waals surface area (Å²) in [5, 5.41) is 11.0. The number of nitrogens with zero attached hydrogens (tertiary/aromatic N) is 2. The van der Waals surface area contributed by atoms with Gasteiger partial charge in [0.2, 0.25) is 10.0 Å². The fraction of sp³-hybridized carbons (Fsp3) is 0.250. The van der Waals surface area contributed by atoms with Gasteiger partial charge in [-0.15, -0.1) is 0 Å². The molecule has 0 aliphatic carbocycles. The molecule has 0 amide bonds. The van der Waals surface area contributed by atoms with Gasteiger partial charge >= 0.3 is 0 Å². The molecule has 0 bridgehead atoms. The first-order chi connectivity index (χ1) is 9.92. The number of nitrogens with one attached hydrogen (secondary N) is 2. The molecule has 0 unspecified atom stereocenters. The predicted molar refractivity (Wildman–Crippen MR) is 75.3 cm³/mol. The van der Waals surface area contributed by atoms with Gasteiger partial charge in [-0.05, 0) is 12.5 Å². The summed E-state index contributed by atoms with van der Waals surface area (Å²) in [5.41, 5.74) is 0.680. The molecule has 112 valence electrons. The van der Waals surface area contributed by atoms with Crippen molar-refractivity contribution in [3.63, 3.8) is 0 Å². The molecule has 1 aromatic carbocycles. The summed E-state index contributed by atoms with van der Waals surface area (Å²) in [6, 6.07) is 4.16. The Morgan fingerprint density at radius 3 is 2.81 bits per heavy atom. The SMILES string of the molecule is Cc1cccc([N+](=O)[O-])c1S(=O)(=O)NCCc1cnc[nH]1. The van der Waals surface area contributed by atoms with Crippen molar-refractivity contribution in [2.75, 3.05) is 6.54 Å². The van der Waals surface area contributed by atoms with E-state index in [-0.39, 0.29) is 11.4 Å². The van der Waals surface area contributed by atoms with Gasteiger partial charge in [0.15, 0.2) is 4.90 Å². The number of sulfonamides is 1. The number of hydrogen-bond acceptors (Lipinski definition) is 5. The van der Waals surface area contributed by atoms with Crippen LogP contribution in [-0.2, 0) is 16.4 Å². The normalized spacial score (nSPS) is 11.5. The van der Waals surface area contributed by atoms with E-state index in [2.05, 4.69) is 14.7 Å². The monoisotopic (exact) mass is 310 g/mol. The zero-order valence-electron chi connectivity index (χ0n) is 11.2. The smallest absolute Gasteiger partial charge is 0.289 e. The Hall–Kier alpha value is -2.26. The van der Waals surface area contributed by atoms with E-state index < -0.39 is 20.6 Å². The van der Waals surface area contributed by atoms with E-state index in [0.717, 1.165) is 5.69 Å². The third-order valence-electron chi connectivity index (χ3n) is 2.90. The van der Waals surface area contributed by atoms with Crippen LogP contribution in [0.5, 0.6) is 0 Å². The molecule has 1 heterocycles. The van der Waals surface area contributed by atoms with Gasteiger partial charge in [0.05, 0.1) is 11.3 Å². The van der Waals surface area contributed by atoms with Gasteiger partial charge in [0, 0.05) is 30.9 Å². The van der Waals surface area contributed by atoms with Crippen LogP contribution in [0.1, 0.15) is 11.3 Å². The zero-order chi connectivity index (χ0) is 15.5. The third kappa shape index (κ3) is 3.44.